The Morgan fingerprint density at radius 2 is 2.05 bits per heavy atom. The van der Waals surface area contributed by atoms with Crippen molar-refractivity contribution in [3.05, 3.63) is 64.7 Å². The van der Waals surface area contributed by atoms with Crippen LogP contribution >= 0.6 is 0 Å². The van der Waals surface area contributed by atoms with E-state index in [9.17, 15) is 4.79 Å². The van der Waals surface area contributed by atoms with Crippen LogP contribution in [0.25, 0.3) is 0 Å². The van der Waals surface area contributed by atoms with Crippen molar-refractivity contribution in [2.24, 2.45) is 0 Å². The quantitative estimate of drug-likeness (QED) is 0.856. The van der Waals surface area contributed by atoms with Crippen LogP contribution in [0.2, 0.25) is 0 Å². The average Bonchev–Trinajstić information content (AvgIpc) is 2.51. The predicted octanol–water partition coefficient (Wildman–Crippen LogP) is 2.34. The molecule has 3 rings (SSSR count). The molecule has 0 fully saturated rings. The highest BCUT2D eigenvalue weighted by atomic mass is 16.2. The van der Waals surface area contributed by atoms with Crippen LogP contribution in [0.1, 0.15) is 27.0 Å². The number of hydrogen-bond acceptors (Lipinski definition) is 3. The van der Waals surface area contributed by atoms with Gasteiger partial charge in [0.15, 0.2) is 0 Å². The lowest BCUT2D eigenvalue weighted by Crippen LogP contribution is -2.37. The van der Waals surface area contributed by atoms with Crippen molar-refractivity contribution >= 4 is 11.6 Å². The summed E-state index contributed by atoms with van der Waals surface area (Å²) < 4.78 is 0. The molecule has 1 amide bonds. The third-order valence-corrected chi connectivity index (χ3v) is 3.80. The molecular weight excluding hydrogens is 262 g/mol. The lowest BCUT2D eigenvalue weighted by Gasteiger charge is -2.29. The van der Waals surface area contributed by atoms with Gasteiger partial charge in [-0.1, -0.05) is 24.3 Å². The maximum Gasteiger partial charge on any atom is 0.254 e. The van der Waals surface area contributed by atoms with E-state index in [2.05, 4.69) is 6.07 Å². The number of carbonyl (C=O) groups excluding carboxylic acids is 1. The van der Waals surface area contributed by atoms with Gasteiger partial charge in [-0.05, 0) is 35.7 Å². The third-order valence-electron chi connectivity index (χ3n) is 3.80. The number of nitrogens with two attached hydrogens (primary N) is 1. The minimum Gasteiger partial charge on any atom is -0.399 e. The van der Waals surface area contributed by atoms with Crippen LogP contribution < -0.4 is 5.73 Å². The Morgan fingerprint density at radius 1 is 1.24 bits per heavy atom. The van der Waals surface area contributed by atoms with Gasteiger partial charge in [-0.15, -0.1) is 0 Å². The second-order valence-corrected chi connectivity index (χ2v) is 5.16. The van der Waals surface area contributed by atoms with Gasteiger partial charge in [0.05, 0.1) is 11.6 Å². The molecule has 2 N–H and O–H groups in total. The molecule has 0 saturated heterocycles. The van der Waals surface area contributed by atoms with Gasteiger partial charge in [0.2, 0.25) is 0 Å². The van der Waals surface area contributed by atoms with Crippen molar-refractivity contribution in [1.29, 1.82) is 5.26 Å². The summed E-state index contributed by atoms with van der Waals surface area (Å²) in [5.41, 5.74) is 9.58. The molecule has 0 aromatic heterocycles. The monoisotopic (exact) mass is 277 g/mol. The first-order chi connectivity index (χ1) is 10.2. The van der Waals surface area contributed by atoms with Crippen LogP contribution in [0.3, 0.4) is 0 Å². The first-order valence-corrected chi connectivity index (χ1v) is 6.84. The largest absolute Gasteiger partial charge is 0.399 e. The molecule has 4 heteroatoms. The van der Waals surface area contributed by atoms with Crippen molar-refractivity contribution in [1.82, 2.24) is 4.90 Å². The molecule has 1 aliphatic rings. The number of amides is 1. The first-order valence-electron chi connectivity index (χ1n) is 6.84. The molecule has 1 heterocycles. The minimum absolute atomic E-state index is 0.0173. The van der Waals surface area contributed by atoms with Gasteiger partial charge in [0, 0.05) is 24.3 Å². The number of anilines is 1. The van der Waals surface area contributed by atoms with Crippen LogP contribution in [0, 0.1) is 11.3 Å². The highest BCUT2D eigenvalue weighted by Gasteiger charge is 2.24. The fraction of sp³-hybridized carbons (Fsp3) is 0.176. The molecule has 0 spiro atoms. The van der Waals surface area contributed by atoms with E-state index in [0.717, 1.165) is 17.5 Å². The van der Waals surface area contributed by atoms with Crippen molar-refractivity contribution in [2.45, 2.75) is 13.0 Å². The topological polar surface area (TPSA) is 70.1 Å². The zero-order valence-corrected chi connectivity index (χ0v) is 11.5. The number of fused-ring (bicyclic) bond motifs is 1. The number of nitrogen functional groups attached to an aromatic ring is 1. The molecular formula is C17H15N3O. The Kier molecular flexibility index (Phi) is 3.33. The molecule has 1 aliphatic heterocycles. The van der Waals surface area contributed by atoms with Gasteiger partial charge in [-0.2, -0.15) is 5.26 Å². The molecule has 0 saturated carbocycles. The Labute approximate surface area is 123 Å². The number of hydrogen-bond donors (Lipinski definition) is 1. The van der Waals surface area contributed by atoms with E-state index in [0.29, 0.717) is 29.9 Å². The summed E-state index contributed by atoms with van der Waals surface area (Å²) in [5, 5.41) is 9.14. The van der Waals surface area contributed by atoms with Gasteiger partial charge in [-0.3, -0.25) is 4.79 Å². The zero-order chi connectivity index (χ0) is 14.8. The van der Waals surface area contributed by atoms with Crippen molar-refractivity contribution in [3.63, 3.8) is 0 Å². The number of carbonyl (C=O) groups is 1. The summed E-state index contributed by atoms with van der Waals surface area (Å²) in [7, 11) is 0. The molecule has 0 radical (unpaired) electrons. The SMILES string of the molecule is N#Cc1ccccc1CN1CCc2ccc(N)cc2C1=O. The standard InChI is InChI=1S/C17H15N3O/c18-10-13-3-1-2-4-14(13)11-20-8-7-12-5-6-15(19)9-16(12)17(20)21/h1-6,9H,7-8,11,19H2. The number of nitriles is 1. The maximum absolute atomic E-state index is 12.6. The molecule has 0 aliphatic carbocycles. The lowest BCUT2D eigenvalue weighted by molar-refractivity contribution is 0.0727. The summed E-state index contributed by atoms with van der Waals surface area (Å²) in [6.07, 6.45) is 0.816. The highest BCUT2D eigenvalue weighted by molar-refractivity contribution is 5.97. The second-order valence-electron chi connectivity index (χ2n) is 5.16. The number of benzene rings is 2. The molecule has 104 valence electrons. The summed E-state index contributed by atoms with van der Waals surface area (Å²) >= 11 is 0. The molecule has 0 bridgehead atoms. The average molecular weight is 277 g/mol. The third kappa shape index (κ3) is 2.46. The molecule has 0 atom stereocenters. The van der Waals surface area contributed by atoms with E-state index < -0.39 is 0 Å². The molecule has 21 heavy (non-hydrogen) atoms. The van der Waals surface area contributed by atoms with Gasteiger partial charge >= 0.3 is 0 Å². The van der Waals surface area contributed by atoms with Crippen LogP contribution in [-0.4, -0.2) is 17.4 Å². The summed E-state index contributed by atoms with van der Waals surface area (Å²) in [5.74, 6) is -0.0173. The van der Waals surface area contributed by atoms with Gasteiger partial charge in [-0.25, -0.2) is 0 Å². The zero-order valence-electron chi connectivity index (χ0n) is 11.5. The van der Waals surface area contributed by atoms with Crippen molar-refractivity contribution < 1.29 is 4.79 Å². The molecule has 2 aromatic rings. The fourth-order valence-corrected chi connectivity index (χ4v) is 2.66. The minimum atomic E-state index is -0.0173. The van der Waals surface area contributed by atoms with E-state index in [1.165, 1.54) is 0 Å². The van der Waals surface area contributed by atoms with E-state index >= 15 is 0 Å². The summed E-state index contributed by atoms with van der Waals surface area (Å²) in [4.78, 5) is 14.3. The Balaban J connectivity index is 1.89. The summed E-state index contributed by atoms with van der Waals surface area (Å²) in [6.45, 7) is 1.12. The number of rotatable bonds is 2. The smallest absolute Gasteiger partial charge is 0.254 e. The second kappa shape index (κ2) is 5.29. The van der Waals surface area contributed by atoms with Crippen molar-refractivity contribution in [3.8, 4) is 6.07 Å². The van der Waals surface area contributed by atoms with Crippen LogP contribution in [-0.2, 0) is 13.0 Å². The molecule has 4 nitrogen and oxygen atoms in total. The number of nitrogens with zero attached hydrogens (tertiary/aromatic N) is 2. The molecule has 0 unspecified atom stereocenters. The van der Waals surface area contributed by atoms with Crippen LogP contribution in [0.5, 0.6) is 0 Å². The van der Waals surface area contributed by atoms with Gasteiger partial charge in [0.1, 0.15) is 0 Å². The van der Waals surface area contributed by atoms with Crippen molar-refractivity contribution in [2.75, 3.05) is 12.3 Å². The van der Waals surface area contributed by atoms with E-state index in [1.54, 1.807) is 17.0 Å². The van der Waals surface area contributed by atoms with Gasteiger partial charge in [0.25, 0.3) is 5.91 Å². The van der Waals surface area contributed by atoms with E-state index in [-0.39, 0.29) is 5.91 Å². The van der Waals surface area contributed by atoms with E-state index in [4.69, 9.17) is 11.0 Å². The van der Waals surface area contributed by atoms with Gasteiger partial charge < -0.3 is 10.6 Å². The Hall–Kier alpha value is -2.80. The first kappa shape index (κ1) is 13.2. The lowest BCUT2D eigenvalue weighted by atomic mass is 9.97. The van der Waals surface area contributed by atoms with Crippen LogP contribution in [0.15, 0.2) is 42.5 Å². The molecule has 2 aromatic carbocycles. The van der Waals surface area contributed by atoms with E-state index in [1.807, 2.05) is 30.3 Å². The summed E-state index contributed by atoms with van der Waals surface area (Å²) in [6, 6.07) is 15.0. The maximum atomic E-state index is 12.6. The Bertz CT molecular complexity index is 746. The Morgan fingerprint density at radius 3 is 2.86 bits per heavy atom. The normalized spacial score (nSPS) is 13.7. The fourth-order valence-electron chi connectivity index (χ4n) is 2.66. The highest BCUT2D eigenvalue weighted by Crippen LogP contribution is 2.23. The predicted molar refractivity (Wildman–Crippen MR) is 80.5 cm³/mol. The van der Waals surface area contributed by atoms with Crippen LogP contribution in [0.4, 0.5) is 5.69 Å².